The number of allylic oxidation sites excluding steroid dienone is 1. The number of benzene rings is 3. The second kappa shape index (κ2) is 9.52. The number of nitrogens with zero attached hydrogens (tertiary/aromatic N) is 1. The van der Waals surface area contributed by atoms with Gasteiger partial charge in [0, 0.05) is 10.5 Å². The van der Waals surface area contributed by atoms with Crippen LogP contribution in [-0.4, -0.2) is 5.71 Å². The van der Waals surface area contributed by atoms with Crippen LogP contribution >= 0.6 is 11.8 Å². The number of hydrogen-bond acceptors (Lipinski definition) is 2. The molecule has 0 N–H and O–H groups in total. The van der Waals surface area contributed by atoms with Crippen molar-refractivity contribution in [3.05, 3.63) is 107 Å². The fourth-order valence-electron chi connectivity index (χ4n) is 2.69. The van der Waals surface area contributed by atoms with Gasteiger partial charge in [0.05, 0.1) is 11.4 Å². The Balaban J connectivity index is 1.88. The van der Waals surface area contributed by atoms with Crippen LogP contribution in [0.25, 0.3) is 0 Å². The zero-order valence-corrected chi connectivity index (χ0v) is 17.2. The predicted molar refractivity (Wildman–Crippen MR) is 119 cm³/mol. The third-order valence-electron chi connectivity index (χ3n) is 4.40. The first-order chi connectivity index (χ1) is 13.5. The minimum Gasteiger partial charge on any atom is -0.248 e. The minimum atomic E-state index is -0.222. The summed E-state index contributed by atoms with van der Waals surface area (Å²) in [6, 6.07) is 23.2. The van der Waals surface area contributed by atoms with E-state index in [2.05, 4.69) is 57.2 Å². The monoisotopic (exact) mass is 389 g/mol. The topological polar surface area (TPSA) is 12.4 Å². The van der Waals surface area contributed by atoms with Crippen molar-refractivity contribution in [1.29, 1.82) is 0 Å². The van der Waals surface area contributed by atoms with Gasteiger partial charge in [-0.3, -0.25) is 0 Å². The quantitative estimate of drug-likeness (QED) is 0.311. The van der Waals surface area contributed by atoms with Gasteiger partial charge in [-0.25, -0.2) is 9.38 Å². The number of rotatable bonds is 6. The zero-order chi connectivity index (χ0) is 19.9. The van der Waals surface area contributed by atoms with Gasteiger partial charge in [0.25, 0.3) is 0 Å². The Morgan fingerprint density at radius 3 is 2.14 bits per heavy atom. The van der Waals surface area contributed by atoms with E-state index in [0.717, 1.165) is 21.9 Å². The molecule has 0 aliphatic rings. The van der Waals surface area contributed by atoms with Gasteiger partial charge in [-0.15, -0.1) is 0 Å². The second-order valence-electron chi connectivity index (χ2n) is 6.98. The van der Waals surface area contributed by atoms with Crippen molar-refractivity contribution in [3.8, 4) is 0 Å². The predicted octanol–water partition coefficient (Wildman–Crippen LogP) is 7.68. The molecule has 0 bridgehead atoms. The summed E-state index contributed by atoms with van der Waals surface area (Å²) >= 11 is 1.55. The Bertz CT molecular complexity index is 953. The first-order valence-corrected chi connectivity index (χ1v) is 10.2. The summed E-state index contributed by atoms with van der Waals surface area (Å²) in [5.74, 6) is 0.274. The third kappa shape index (κ3) is 5.67. The summed E-state index contributed by atoms with van der Waals surface area (Å²) < 4.78 is 13.1. The molecular formula is C25H24FNS. The largest absolute Gasteiger partial charge is 0.248 e. The molecule has 0 aromatic heterocycles. The van der Waals surface area contributed by atoms with E-state index in [1.54, 1.807) is 23.9 Å². The van der Waals surface area contributed by atoms with Crippen LogP contribution in [0.4, 0.5) is 10.1 Å². The van der Waals surface area contributed by atoms with E-state index in [1.165, 1.54) is 23.3 Å². The van der Waals surface area contributed by atoms with Crippen molar-refractivity contribution in [1.82, 2.24) is 0 Å². The van der Waals surface area contributed by atoms with Gasteiger partial charge >= 0.3 is 0 Å². The van der Waals surface area contributed by atoms with Gasteiger partial charge in [-0.1, -0.05) is 67.6 Å². The van der Waals surface area contributed by atoms with Crippen LogP contribution in [0.5, 0.6) is 0 Å². The first kappa shape index (κ1) is 20.1. The van der Waals surface area contributed by atoms with Gasteiger partial charge in [0.15, 0.2) is 0 Å². The van der Waals surface area contributed by atoms with E-state index in [1.807, 2.05) is 23.6 Å². The van der Waals surface area contributed by atoms with E-state index in [0.29, 0.717) is 5.92 Å². The van der Waals surface area contributed by atoms with Crippen LogP contribution in [-0.2, 0) is 0 Å². The molecule has 28 heavy (non-hydrogen) atoms. The molecule has 0 saturated carbocycles. The summed E-state index contributed by atoms with van der Waals surface area (Å²) in [6.07, 6.45) is 2.01. The lowest BCUT2D eigenvalue weighted by molar-refractivity contribution is 0.626. The van der Waals surface area contributed by atoms with Gasteiger partial charge in [-0.05, 0) is 66.3 Å². The molecule has 0 unspecified atom stereocenters. The summed E-state index contributed by atoms with van der Waals surface area (Å²) in [5, 5.41) is 2.00. The SMILES string of the molecule is Cc1ccc(N=C(C=CSc2ccc(F)cc2)c2ccc(C(C)C)cc2)cc1. The molecule has 3 rings (SSSR count). The molecule has 142 valence electrons. The Hall–Kier alpha value is -2.65. The van der Waals surface area contributed by atoms with E-state index in [-0.39, 0.29) is 5.82 Å². The number of hydrogen-bond donors (Lipinski definition) is 0. The minimum absolute atomic E-state index is 0.222. The molecule has 0 heterocycles. The lowest BCUT2D eigenvalue weighted by atomic mass is 10.0. The molecule has 0 amide bonds. The number of thioether (sulfide) groups is 1. The van der Waals surface area contributed by atoms with Crippen LogP contribution in [0.3, 0.4) is 0 Å². The molecule has 3 aromatic carbocycles. The van der Waals surface area contributed by atoms with Gasteiger partial charge in [-0.2, -0.15) is 0 Å². The number of halogens is 1. The summed E-state index contributed by atoms with van der Waals surface area (Å²) in [7, 11) is 0. The third-order valence-corrected chi connectivity index (χ3v) is 5.22. The van der Waals surface area contributed by atoms with Gasteiger partial charge in [0.2, 0.25) is 0 Å². The Morgan fingerprint density at radius 1 is 0.893 bits per heavy atom. The van der Waals surface area contributed by atoms with Crippen molar-refractivity contribution in [2.75, 3.05) is 0 Å². The van der Waals surface area contributed by atoms with Gasteiger partial charge in [0.1, 0.15) is 5.82 Å². The van der Waals surface area contributed by atoms with E-state index >= 15 is 0 Å². The molecule has 0 aliphatic carbocycles. The molecule has 0 aliphatic heterocycles. The fraction of sp³-hybridized carbons (Fsp3) is 0.160. The highest BCUT2D eigenvalue weighted by atomic mass is 32.2. The molecule has 0 saturated heterocycles. The van der Waals surface area contributed by atoms with Crippen LogP contribution in [0.1, 0.15) is 36.5 Å². The Morgan fingerprint density at radius 2 is 1.54 bits per heavy atom. The highest BCUT2D eigenvalue weighted by Crippen LogP contribution is 2.22. The maximum Gasteiger partial charge on any atom is 0.123 e. The smallest absolute Gasteiger partial charge is 0.123 e. The Labute approximate surface area is 171 Å². The van der Waals surface area contributed by atoms with Crippen molar-refractivity contribution >= 4 is 23.2 Å². The highest BCUT2D eigenvalue weighted by molar-refractivity contribution is 8.02. The van der Waals surface area contributed by atoms with Crippen molar-refractivity contribution in [2.24, 2.45) is 4.99 Å². The molecular weight excluding hydrogens is 365 g/mol. The zero-order valence-electron chi connectivity index (χ0n) is 16.4. The molecule has 3 heteroatoms. The standard InChI is InChI=1S/C25H24FNS/c1-18(2)20-6-8-21(9-7-20)25(27-23-12-4-19(3)5-13-23)16-17-28-24-14-10-22(26)11-15-24/h4-18H,1-3H3. The molecule has 0 radical (unpaired) electrons. The number of aryl methyl sites for hydroxylation is 1. The van der Waals surface area contributed by atoms with Crippen LogP contribution in [0.15, 0.2) is 94.2 Å². The second-order valence-corrected chi connectivity index (χ2v) is 7.96. The Kier molecular flexibility index (Phi) is 6.83. The molecule has 0 atom stereocenters. The molecule has 1 nitrogen and oxygen atoms in total. The fourth-order valence-corrected chi connectivity index (χ4v) is 3.33. The van der Waals surface area contributed by atoms with Crippen molar-refractivity contribution in [2.45, 2.75) is 31.6 Å². The molecule has 3 aromatic rings. The average molecular weight is 390 g/mol. The van der Waals surface area contributed by atoms with Crippen LogP contribution in [0.2, 0.25) is 0 Å². The normalized spacial score (nSPS) is 12.1. The number of aliphatic imine (C=N–C) groups is 1. The highest BCUT2D eigenvalue weighted by Gasteiger charge is 2.04. The molecule has 0 fully saturated rings. The van der Waals surface area contributed by atoms with E-state index < -0.39 is 0 Å². The summed E-state index contributed by atoms with van der Waals surface area (Å²) in [4.78, 5) is 5.83. The first-order valence-electron chi connectivity index (χ1n) is 9.36. The summed E-state index contributed by atoms with van der Waals surface area (Å²) in [5.41, 5.74) is 5.41. The van der Waals surface area contributed by atoms with Gasteiger partial charge < -0.3 is 0 Å². The van der Waals surface area contributed by atoms with E-state index in [9.17, 15) is 4.39 Å². The lowest BCUT2D eigenvalue weighted by Crippen LogP contribution is -1.97. The van der Waals surface area contributed by atoms with Crippen molar-refractivity contribution < 1.29 is 4.39 Å². The maximum atomic E-state index is 13.1. The average Bonchev–Trinajstić information content (AvgIpc) is 2.70. The lowest BCUT2D eigenvalue weighted by Gasteiger charge is -2.08. The van der Waals surface area contributed by atoms with Crippen LogP contribution in [0, 0.1) is 12.7 Å². The van der Waals surface area contributed by atoms with Crippen molar-refractivity contribution in [3.63, 3.8) is 0 Å². The van der Waals surface area contributed by atoms with E-state index in [4.69, 9.17) is 4.99 Å². The maximum absolute atomic E-state index is 13.1. The summed E-state index contributed by atoms with van der Waals surface area (Å²) in [6.45, 7) is 6.45. The molecule has 0 spiro atoms. The van der Waals surface area contributed by atoms with Crippen LogP contribution < -0.4 is 0 Å².